The first-order valence-corrected chi connectivity index (χ1v) is 8.83. The lowest BCUT2D eigenvalue weighted by atomic mass is 10.1. The predicted octanol–water partition coefficient (Wildman–Crippen LogP) is 4.59. The van der Waals surface area contributed by atoms with Crippen molar-refractivity contribution >= 4 is 33.0 Å². The number of hydrogen-bond donors (Lipinski definition) is 0. The standard InChI is InChI=1S/C14H23NO2S2/c1-3-5-6-7-8-9-10-18-14-15-12(11-17-4-2)13(16)19-14/h11H,3-10H2,1-2H3. The fourth-order valence-corrected chi connectivity index (χ4v) is 3.54. The van der Waals surface area contributed by atoms with Crippen LogP contribution < -0.4 is 0 Å². The van der Waals surface area contributed by atoms with E-state index in [1.165, 1.54) is 56.5 Å². The largest absolute Gasteiger partial charge is 0.499 e. The van der Waals surface area contributed by atoms with Crippen molar-refractivity contribution in [1.29, 1.82) is 0 Å². The van der Waals surface area contributed by atoms with Crippen molar-refractivity contribution in [3.63, 3.8) is 0 Å². The molecule has 5 heteroatoms. The van der Waals surface area contributed by atoms with E-state index in [4.69, 9.17) is 4.74 Å². The summed E-state index contributed by atoms with van der Waals surface area (Å²) in [6, 6.07) is 0. The molecule has 0 unspecified atom stereocenters. The Morgan fingerprint density at radius 2 is 1.95 bits per heavy atom. The van der Waals surface area contributed by atoms with Crippen LogP contribution in [0.3, 0.4) is 0 Å². The van der Waals surface area contributed by atoms with Gasteiger partial charge in [-0.15, -0.1) is 0 Å². The average Bonchev–Trinajstić information content (AvgIpc) is 2.76. The Morgan fingerprint density at radius 1 is 1.21 bits per heavy atom. The monoisotopic (exact) mass is 301 g/mol. The first-order chi connectivity index (χ1) is 9.27. The molecule has 1 heterocycles. The van der Waals surface area contributed by atoms with E-state index in [0.29, 0.717) is 12.3 Å². The van der Waals surface area contributed by atoms with Gasteiger partial charge in [0.15, 0.2) is 5.70 Å². The molecule has 3 nitrogen and oxygen atoms in total. The van der Waals surface area contributed by atoms with Crippen LogP contribution in [-0.2, 0) is 9.53 Å². The van der Waals surface area contributed by atoms with Gasteiger partial charge in [0.2, 0.25) is 5.12 Å². The maximum atomic E-state index is 11.6. The fourth-order valence-electron chi connectivity index (χ4n) is 1.64. The molecule has 0 aromatic heterocycles. The zero-order valence-corrected chi connectivity index (χ0v) is 13.4. The first kappa shape index (κ1) is 16.6. The SMILES string of the molecule is CCCCCCCCSC1=NC(=COCC)C(=O)S1. The minimum absolute atomic E-state index is 0.00102. The van der Waals surface area contributed by atoms with Crippen LogP contribution in [-0.4, -0.2) is 21.9 Å². The number of ether oxygens (including phenoxy) is 1. The van der Waals surface area contributed by atoms with Gasteiger partial charge in [-0.05, 0) is 25.1 Å². The highest BCUT2D eigenvalue weighted by molar-refractivity contribution is 8.45. The van der Waals surface area contributed by atoms with E-state index < -0.39 is 0 Å². The predicted molar refractivity (Wildman–Crippen MR) is 85.6 cm³/mol. The lowest BCUT2D eigenvalue weighted by molar-refractivity contribution is -0.107. The molecule has 0 saturated carbocycles. The van der Waals surface area contributed by atoms with E-state index in [1.807, 2.05) is 6.92 Å². The van der Waals surface area contributed by atoms with Gasteiger partial charge in [0.1, 0.15) is 10.6 Å². The number of carbonyl (C=O) groups excluding carboxylic acids is 1. The topological polar surface area (TPSA) is 38.7 Å². The summed E-state index contributed by atoms with van der Waals surface area (Å²) in [7, 11) is 0. The number of aliphatic imine (C=N–C) groups is 1. The molecule has 0 aliphatic carbocycles. The Bertz CT molecular complexity index is 340. The van der Waals surface area contributed by atoms with Gasteiger partial charge in [0.05, 0.1) is 6.61 Å². The molecule has 0 saturated heterocycles. The van der Waals surface area contributed by atoms with Crippen LogP contribution in [0.5, 0.6) is 0 Å². The van der Waals surface area contributed by atoms with Crippen molar-refractivity contribution in [3.05, 3.63) is 12.0 Å². The fraction of sp³-hybridized carbons (Fsp3) is 0.714. The second-order valence-corrected chi connectivity index (χ2v) is 6.65. The molecule has 0 amide bonds. The zero-order chi connectivity index (χ0) is 13.9. The van der Waals surface area contributed by atoms with Crippen LogP contribution in [0, 0.1) is 0 Å². The molecular formula is C14H23NO2S2. The Kier molecular flexibility index (Phi) is 9.08. The minimum atomic E-state index is -0.00102. The van der Waals surface area contributed by atoms with Gasteiger partial charge in [-0.3, -0.25) is 4.79 Å². The van der Waals surface area contributed by atoms with Crippen molar-refractivity contribution in [2.24, 2.45) is 4.99 Å². The molecule has 0 fully saturated rings. The molecule has 0 atom stereocenters. The summed E-state index contributed by atoms with van der Waals surface area (Å²) in [6.45, 7) is 4.69. The van der Waals surface area contributed by atoms with E-state index in [1.54, 1.807) is 11.8 Å². The highest BCUT2D eigenvalue weighted by Gasteiger charge is 2.22. The van der Waals surface area contributed by atoms with Crippen molar-refractivity contribution in [2.45, 2.75) is 52.4 Å². The van der Waals surface area contributed by atoms with Crippen LogP contribution in [0.1, 0.15) is 52.4 Å². The third-order valence-electron chi connectivity index (χ3n) is 2.69. The molecule has 0 aromatic rings. The number of carbonyl (C=O) groups is 1. The molecule has 1 aliphatic heterocycles. The van der Waals surface area contributed by atoms with Crippen LogP contribution in [0.2, 0.25) is 0 Å². The third-order valence-corrected chi connectivity index (χ3v) is 4.78. The third kappa shape index (κ3) is 7.06. The Hall–Kier alpha value is -0.420. The number of rotatable bonds is 9. The number of thioether (sulfide) groups is 2. The summed E-state index contributed by atoms with van der Waals surface area (Å²) in [5.41, 5.74) is 0.442. The van der Waals surface area contributed by atoms with E-state index in [9.17, 15) is 4.79 Å². The van der Waals surface area contributed by atoms with Crippen molar-refractivity contribution in [2.75, 3.05) is 12.4 Å². The van der Waals surface area contributed by atoms with E-state index >= 15 is 0 Å². The smallest absolute Gasteiger partial charge is 0.247 e. The first-order valence-electron chi connectivity index (χ1n) is 7.03. The molecular weight excluding hydrogens is 278 g/mol. The quantitative estimate of drug-likeness (QED) is 0.355. The zero-order valence-electron chi connectivity index (χ0n) is 11.8. The lowest BCUT2D eigenvalue weighted by Crippen LogP contribution is -1.90. The van der Waals surface area contributed by atoms with E-state index in [-0.39, 0.29) is 5.12 Å². The molecule has 0 aromatic carbocycles. The maximum Gasteiger partial charge on any atom is 0.247 e. The van der Waals surface area contributed by atoms with Crippen LogP contribution >= 0.6 is 23.5 Å². The molecule has 108 valence electrons. The van der Waals surface area contributed by atoms with Crippen LogP contribution in [0.4, 0.5) is 0 Å². The minimum Gasteiger partial charge on any atom is -0.499 e. The Labute approximate surface area is 124 Å². The number of unbranched alkanes of at least 4 members (excludes halogenated alkanes) is 5. The molecule has 0 radical (unpaired) electrons. The lowest BCUT2D eigenvalue weighted by Gasteiger charge is -2.00. The maximum absolute atomic E-state index is 11.6. The summed E-state index contributed by atoms with van der Waals surface area (Å²) in [4.78, 5) is 15.9. The normalized spacial score (nSPS) is 17.1. The van der Waals surface area contributed by atoms with Gasteiger partial charge in [-0.25, -0.2) is 4.99 Å². The van der Waals surface area contributed by atoms with Gasteiger partial charge < -0.3 is 4.74 Å². The summed E-state index contributed by atoms with van der Waals surface area (Å²) in [5, 5.41) is -0.00102. The summed E-state index contributed by atoms with van der Waals surface area (Å²) >= 11 is 2.91. The molecule has 0 N–H and O–H groups in total. The number of nitrogens with zero attached hydrogens (tertiary/aromatic N) is 1. The van der Waals surface area contributed by atoms with Crippen LogP contribution in [0.15, 0.2) is 17.0 Å². The Morgan fingerprint density at radius 3 is 2.68 bits per heavy atom. The molecule has 0 bridgehead atoms. The van der Waals surface area contributed by atoms with Gasteiger partial charge in [-0.1, -0.05) is 50.8 Å². The van der Waals surface area contributed by atoms with Gasteiger partial charge in [0, 0.05) is 5.75 Å². The summed E-state index contributed by atoms with van der Waals surface area (Å²) in [5.74, 6) is 1.05. The second kappa shape index (κ2) is 10.4. The molecule has 1 aliphatic rings. The molecule has 0 spiro atoms. The number of hydrogen-bond acceptors (Lipinski definition) is 5. The van der Waals surface area contributed by atoms with Gasteiger partial charge in [0.25, 0.3) is 0 Å². The average molecular weight is 301 g/mol. The summed E-state index contributed by atoms with van der Waals surface area (Å²) < 4.78 is 5.97. The Balaban J connectivity index is 2.15. The van der Waals surface area contributed by atoms with Crippen molar-refractivity contribution in [1.82, 2.24) is 0 Å². The van der Waals surface area contributed by atoms with E-state index in [2.05, 4.69) is 11.9 Å². The highest BCUT2D eigenvalue weighted by Crippen LogP contribution is 2.30. The van der Waals surface area contributed by atoms with Crippen molar-refractivity contribution < 1.29 is 9.53 Å². The highest BCUT2D eigenvalue weighted by atomic mass is 32.2. The van der Waals surface area contributed by atoms with Gasteiger partial charge in [-0.2, -0.15) is 0 Å². The van der Waals surface area contributed by atoms with Crippen LogP contribution in [0.25, 0.3) is 0 Å². The molecule has 19 heavy (non-hydrogen) atoms. The molecule has 1 rings (SSSR count). The van der Waals surface area contributed by atoms with E-state index in [0.717, 1.165) is 10.1 Å². The second-order valence-electron chi connectivity index (χ2n) is 4.34. The van der Waals surface area contributed by atoms with Crippen molar-refractivity contribution in [3.8, 4) is 0 Å². The summed E-state index contributed by atoms with van der Waals surface area (Å²) in [6.07, 6.45) is 9.24. The van der Waals surface area contributed by atoms with Gasteiger partial charge >= 0.3 is 0 Å².